The van der Waals surface area contributed by atoms with Gasteiger partial charge >= 0.3 is 0 Å². The monoisotopic (exact) mass is 298 g/mol. The molecule has 0 amide bonds. The minimum Gasteiger partial charge on any atom is -0.858 e. The van der Waals surface area contributed by atoms with Crippen molar-refractivity contribution in [2.75, 3.05) is 0 Å². The number of nitrogens with two attached hydrogens (primary N) is 1. The number of halogens is 3. The standard InChI is InChI=1S/C6H15N.C5H2Cl3NO/c1-5(2)7-6(3)4;6-2-1-3(7)5(10)9-4(2)8/h5-7H,1-4H3;1H,(H,9,10). The van der Waals surface area contributed by atoms with Gasteiger partial charge in [-0.2, -0.15) is 0 Å². The molecule has 2 N–H and O–H groups in total. The van der Waals surface area contributed by atoms with E-state index in [1.165, 1.54) is 6.07 Å². The molecular formula is C11H17Cl3N2O. The van der Waals surface area contributed by atoms with Crippen LogP contribution < -0.4 is 10.4 Å². The minimum absolute atomic E-state index is 0.0175. The van der Waals surface area contributed by atoms with Gasteiger partial charge in [0.05, 0.1) is 22.1 Å². The van der Waals surface area contributed by atoms with E-state index in [2.05, 4.69) is 38.0 Å². The number of hydrogen-bond acceptors (Lipinski definition) is 2. The molecule has 0 aliphatic rings. The molecule has 0 fully saturated rings. The van der Waals surface area contributed by atoms with Crippen molar-refractivity contribution in [3.8, 4) is 5.88 Å². The molecule has 0 spiro atoms. The molecule has 1 aromatic rings. The second-order valence-electron chi connectivity index (χ2n) is 4.23. The van der Waals surface area contributed by atoms with E-state index < -0.39 is 5.88 Å². The van der Waals surface area contributed by atoms with Crippen molar-refractivity contribution >= 4 is 34.8 Å². The zero-order valence-electron chi connectivity index (χ0n) is 10.3. The fourth-order valence-corrected chi connectivity index (χ4v) is 1.69. The van der Waals surface area contributed by atoms with Crippen molar-refractivity contribution < 1.29 is 10.4 Å². The highest BCUT2D eigenvalue weighted by molar-refractivity contribution is 6.42. The Morgan fingerprint density at radius 2 is 1.53 bits per heavy atom. The second-order valence-corrected chi connectivity index (χ2v) is 5.40. The third-order valence-electron chi connectivity index (χ3n) is 1.62. The summed E-state index contributed by atoms with van der Waals surface area (Å²) in [6.07, 6.45) is 0. The molecule has 0 bridgehead atoms. The van der Waals surface area contributed by atoms with Crippen LogP contribution >= 0.6 is 34.8 Å². The predicted octanol–water partition coefficient (Wildman–Crippen LogP) is 2.48. The summed E-state index contributed by atoms with van der Waals surface area (Å²) in [6, 6.07) is 2.76. The molecule has 0 unspecified atom stereocenters. The number of nitrogens with zero attached hydrogens (tertiary/aromatic N) is 1. The maximum absolute atomic E-state index is 10.6. The van der Waals surface area contributed by atoms with Crippen LogP contribution in [0.2, 0.25) is 15.2 Å². The van der Waals surface area contributed by atoms with Crippen LogP contribution in [0.25, 0.3) is 0 Å². The van der Waals surface area contributed by atoms with Crippen molar-refractivity contribution in [1.82, 2.24) is 4.98 Å². The third kappa shape index (κ3) is 7.66. The van der Waals surface area contributed by atoms with Crippen LogP contribution in [0.3, 0.4) is 0 Å². The van der Waals surface area contributed by atoms with E-state index in [1.807, 2.05) is 0 Å². The van der Waals surface area contributed by atoms with E-state index in [9.17, 15) is 5.11 Å². The van der Waals surface area contributed by atoms with Crippen LogP contribution in [0.1, 0.15) is 27.7 Å². The molecule has 98 valence electrons. The van der Waals surface area contributed by atoms with E-state index in [4.69, 9.17) is 34.8 Å². The smallest absolute Gasteiger partial charge is 0.146 e. The summed E-state index contributed by atoms with van der Waals surface area (Å²) >= 11 is 16.2. The Balaban J connectivity index is 0.000000325. The Kier molecular flexibility index (Phi) is 7.88. The molecule has 0 aliphatic carbocycles. The highest BCUT2D eigenvalue weighted by Crippen LogP contribution is 2.27. The summed E-state index contributed by atoms with van der Waals surface area (Å²) in [5.41, 5.74) is 0. The highest BCUT2D eigenvalue weighted by Gasteiger charge is 1.99. The van der Waals surface area contributed by atoms with Crippen LogP contribution in [-0.4, -0.2) is 17.1 Å². The summed E-state index contributed by atoms with van der Waals surface area (Å²) in [7, 11) is 0. The lowest BCUT2D eigenvalue weighted by molar-refractivity contribution is -0.709. The zero-order valence-corrected chi connectivity index (χ0v) is 12.6. The van der Waals surface area contributed by atoms with Crippen LogP contribution in [0.15, 0.2) is 6.07 Å². The van der Waals surface area contributed by atoms with Gasteiger partial charge in [-0.15, -0.1) is 0 Å². The third-order valence-corrected chi connectivity index (χ3v) is 2.57. The molecular weight excluding hydrogens is 282 g/mol. The first kappa shape index (κ1) is 16.8. The molecule has 3 nitrogen and oxygen atoms in total. The normalized spacial score (nSPS) is 10.4. The average molecular weight is 300 g/mol. The fraction of sp³-hybridized carbons (Fsp3) is 0.545. The van der Waals surface area contributed by atoms with E-state index in [0.29, 0.717) is 0 Å². The van der Waals surface area contributed by atoms with Gasteiger partial charge in [-0.3, -0.25) is 0 Å². The van der Waals surface area contributed by atoms with E-state index >= 15 is 0 Å². The van der Waals surface area contributed by atoms with Crippen molar-refractivity contribution in [2.24, 2.45) is 0 Å². The Bertz CT molecular complexity index is 301. The Labute approximate surface area is 117 Å². The van der Waals surface area contributed by atoms with Crippen molar-refractivity contribution in [3.05, 3.63) is 21.3 Å². The first-order valence-electron chi connectivity index (χ1n) is 5.27. The van der Waals surface area contributed by atoms with E-state index in [0.717, 1.165) is 12.1 Å². The molecule has 0 atom stereocenters. The maximum Gasteiger partial charge on any atom is 0.146 e. The molecule has 1 heterocycles. The lowest BCUT2D eigenvalue weighted by Crippen LogP contribution is -2.92. The van der Waals surface area contributed by atoms with Crippen molar-refractivity contribution in [2.45, 2.75) is 39.8 Å². The molecule has 1 aromatic heterocycles. The minimum atomic E-state index is -0.559. The van der Waals surface area contributed by atoms with Crippen molar-refractivity contribution in [3.63, 3.8) is 0 Å². The Morgan fingerprint density at radius 1 is 1.06 bits per heavy atom. The molecule has 0 saturated carbocycles. The Hall–Kier alpha value is -0.220. The summed E-state index contributed by atoms with van der Waals surface area (Å²) in [6.45, 7) is 8.83. The number of pyridine rings is 1. The Morgan fingerprint density at radius 3 is 1.82 bits per heavy atom. The fourth-order valence-electron chi connectivity index (χ4n) is 1.20. The van der Waals surface area contributed by atoms with Crippen LogP contribution in [0.4, 0.5) is 0 Å². The quantitative estimate of drug-likeness (QED) is 0.853. The first-order valence-corrected chi connectivity index (χ1v) is 6.41. The van der Waals surface area contributed by atoms with Gasteiger partial charge in [0.15, 0.2) is 0 Å². The van der Waals surface area contributed by atoms with Crippen molar-refractivity contribution in [1.29, 1.82) is 0 Å². The van der Waals surface area contributed by atoms with Crippen LogP contribution in [0, 0.1) is 0 Å². The molecule has 0 aliphatic heterocycles. The largest absolute Gasteiger partial charge is 0.858 e. The van der Waals surface area contributed by atoms with Gasteiger partial charge < -0.3 is 10.4 Å². The average Bonchev–Trinajstić information content (AvgIpc) is 2.13. The summed E-state index contributed by atoms with van der Waals surface area (Å²) < 4.78 is 0. The molecule has 6 heteroatoms. The SMILES string of the molecule is CC(C)[NH2+]C(C)C.[O-]c1nc(Cl)c(Cl)cc1Cl. The number of rotatable bonds is 2. The molecule has 17 heavy (non-hydrogen) atoms. The van der Waals surface area contributed by atoms with Gasteiger partial charge in [-0.1, -0.05) is 34.8 Å². The van der Waals surface area contributed by atoms with Crippen LogP contribution in [0.5, 0.6) is 5.88 Å². The summed E-state index contributed by atoms with van der Waals surface area (Å²) in [5.74, 6) is -0.559. The van der Waals surface area contributed by atoms with Gasteiger partial charge in [-0.05, 0) is 33.8 Å². The van der Waals surface area contributed by atoms with E-state index in [-0.39, 0.29) is 15.2 Å². The lowest BCUT2D eigenvalue weighted by Gasteiger charge is -2.06. The summed E-state index contributed by atoms with van der Waals surface area (Å²) in [4.78, 5) is 3.32. The molecule has 0 radical (unpaired) electrons. The zero-order chi connectivity index (χ0) is 13.6. The van der Waals surface area contributed by atoms with E-state index in [1.54, 1.807) is 0 Å². The van der Waals surface area contributed by atoms with Gasteiger partial charge in [0, 0.05) is 5.88 Å². The van der Waals surface area contributed by atoms with Crippen LogP contribution in [-0.2, 0) is 0 Å². The second kappa shape index (κ2) is 7.98. The molecule has 0 aromatic carbocycles. The maximum atomic E-state index is 10.6. The topological polar surface area (TPSA) is 52.6 Å². The molecule has 0 saturated heterocycles. The van der Waals surface area contributed by atoms with Gasteiger partial charge in [0.1, 0.15) is 5.15 Å². The number of hydrogen-bond donors (Lipinski definition) is 1. The van der Waals surface area contributed by atoms with Gasteiger partial charge in [0.2, 0.25) is 0 Å². The first-order chi connectivity index (χ1) is 7.73. The lowest BCUT2D eigenvalue weighted by atomic mass is 10.3. The predicted molar refractivity (Wildman–Crippen MR) is 70.9 cm³/mol. The van der Waals surface area contributed by atoms with Gasteiger partial charge in [0.25, 0.3) is 0 Å². The summed E-state index contributed by atoms with van der Waals surface area (Å²) in [5, 5.41) is 13.1. The highest BCUT2D eigenvalue weighted by atomic mass is 35.5. The number of quaternary nitrogens is 1. The van der Waals surface area contributed by atoms with Gasteiger partial charge in [-0.25, -0.2) is 4.98 Å². The number of aromatic nitrogens is 1. The molecule has 1 rings (SSSR count).